The molecule has 4 nitrogen and oxygen atoms in total. The van der Waals surface area contributed by atoms with Crippen LogP contribution < -0.4 is 5.32 Å². The third-order valence-corrected chi connectivity index (χ3v) is 3.24. The lowest BCUT2D eigenvalue weighted by Gasteiger charge is -2.30. The fraction of sp³-hybridized carbons (Fsp3) is 0.643. The number of pyridine rings is 1. The van der Waals surface area contributed by atoms with Crippen molar-refractivity contribution in [3.63, 3.8) is 0 Å². The van der Waals surface area contributed by atoms with Crippen molar-refractivity contribution in [2.24, 2.45) is 0 Å². The minimum Gasteiger partial charge on any atom is -0.388 e. The fourth-order valence-electron chi connectivity index (χ4n) is 2.47. The highest BCUT2D eigenvalue weighted by molar-refractivity contribution is 5.04. The molecule has 2 heterocycles. The average molecular weight is 249 g/mol. The Bertz CT molecular complexity index is 371. The quantitative estimate of drug-likeness (QED) is 0.821. The molecule has 1 fully saturated rings. The van der Waals surface area contributed by atoms with Crippen molar-refractivity contribution in [1.82, 2.24) is 15.2 Å². The van der Waals surface area contributed by atoms with E-state index in [9.17, 15) is 5.11 Å². The molecule has 0 amide bonds. The summed E-state index contributed by atoms with van der Waals surface area (Å²) in [6.45, 7) is 9.19. The van der Waals surface area contributed by atoms with Gasteiger partial charge in [0.1, 0.15) is 0 Å². The molecule has 4 heteroatoms. The van der Waals surface area contributed by atoms with Gasteiger partial charge in [0.2, 0.25) is 0 Å². The van der Waals surface area contributed by atoms with Crippen molar-refractivity contribution < 1.29 is 5.11 Å². The van der Waals surface area contributed by atoms with E-state index in [0.29, 0.717) is 13.1 Å². The Morgan fingerprint density at radius 3 is 2.78 bits per heavy atom. The molecule has 0 bridgehead atoms. The van der Waals surface area contributed by atoms with Gasteiger partial charge >= 0.3 is 0 Å². The molecular formula is C14H23N3O. The van der Waals surface area contributed by atoms with Crippen molar-refractivity contribution in [3.8, 4) is 0 Å². The van der Waals surface area contributed by atoms with Crippen LogP contribution in [0.1, 0.15) is 26.5 Å². The smallest absolute Gasteiger partial charge is 0.0870 e. The molecule has 1 aliphatic heterocycles. The molecule has 0 radical (unpaired) electrons. The maximum absolute atomic E-state index is 10.3. The Hall–Kier alpha value is -0.970. The lowest BCUT2D eigenvalue weighted by atomic mass is 10.1. The van der Waals surface area contributed by atoms with E-state index in [4.69, 9.17) is 0 Å². The topological polar surface area (TPSA) is 48.4 Å². The van der Waals surface area contributed by atoms with Crippen molar-refractivity contribution in [2.75, 3.05) is 19.6 Å². The molecule has 1 saturated heterocycles. The maximum atomic E-state index is 10.3. The number of nitrogens with one attached hydrogen (secondary N) is 1. The van der Waals surface area contributed by atoms with Crippen molar-refractivity contribution >= 4 is 0 Å². The minimum atomic E-state index is -0.692. The van der Waals surface area contributed by atoms with Crippen molar-refractivity contribution in [3.05, 3.63) is 30.1 Å². The van der Waals surface area contributed by atoms with Gasteiger partial charge < -0.3 is 10.4 Å². The van der Waals surface area contributed by atoms with Crippen LogP contribution in [-0.2, 0) is 6.54 Å². The van der Waals surface area contributed by atoms with E-state index < -0.39 is 5.60 Å². The van der Waals surface area contributed by atoms with Crippen LogP contribution in [0, 0.1) is 0 Å². The first kappa shape index (κ1) is 13.5. The summed E-state index contributed by atoms with van der Waals surface area (Å²) in [5, 5.41) is 13.7. The monoisotopic (exact) mass is 249 g/mol. The van der Waals surface area contributed by atoms with Gasteiger partial charge in [-0.15, -0.1) is 0 Å². The molecule has 1 atom stereocenters. The molecule has 1 aromatic heterocycles. The molecule has 1 aromatic rings. The van der Waals surface area contributed by atoms with Crippen LogP contribution in [0.4, 0.5) is 0 Å². The molecular weight excluding hydrogens is 226 g/mol. The summed E-state index contributed by atoms with van der Waals surface area (Å²) < 4.78 is 0. The number of hydrogen-bond donors (Lipinski definition) is 2. The van der Waals surface area contributed by atoms with E-state index in [0.717, 1.165) is 18.8 Å². The second-order valence-electron chi connectivity index (χ2n) is 6.20. The number of aliphatic hydroxyl groups is 1. The number of aromatic nitrogens is 1. The van der Waals surface area contributed by atoms with Gasteiger partial charge in [0.05, 0.1) is 11.3 Å². The second kappa shape index (κ2) is 4.96. The first-order valence-electron chi connectivity index (χ1n) is 6.46. The summed E-state index contributed by atoms with van der Waals surface area (Å²) in [6.07, 6.45) is 1.81. The average Bonchev–Trinajstić information content (AvgIpc) is 2.36. The zero-order valence-corrected chi connectivity index (χ0v) is 11.5. The van der Waals surface area contributed by atoms with Gasteiger partial charge in [0.15, 0.2) is 0 Å². The molecule has 2 N–H and O–H groups in total. The molecule has 0 aliphatic carbocycles. The lowest BCUT2D eigenvalue weighted by Crippen LogP contribution is -2.47. The third kappa shape index (κ3) is 3.77. The normalized spacial score (nSPS) is 28.9. The molecule has 18 heavy (non-hydrogen) atoms. The highest BCUT2D eigenvalue weighted by atomic mass is 16.3. The van der Waals surface area contributed by atoms with Gasteiger partial charge in [-0.25, -0.2) is 0 Å². The first-order chi connectivity index (χ1) is 8.36. The van der Waals surface area contributed by atoms with Gasteiger partial charge in [0.25, 0.3) is 0 Å². The zero-order chi connectivity index (χ0) is 13.2. The van der Waals surface area contributed by atoms with Gasteiger partial charge in [-0.2, -0.15) is 0 Å². The van der Waals surface area contributed by atoms with Crippen LogP contribution in [0.5, 0.6) is 0 Å². The Morgan fingerprint density at radius 1 is 1.33 bits per heavy atom. The van der Waals surface area contributed by atoms with Gasteiger partial charge in [-0.05, 0) is 32.9 Å². The zero-order valence-electron chi connectivity index (χ0n) is 11.5. The van der Waals surface area contributed by atoms with Crippen molar-refractivity contribution in [2.45, 2.75) is 38.5 Å². The van der Waals surface area contributed by atoms with Crippen LogP contribution in [0.25, 0.3) is 0 Å². The van der Waals surface area contributed by atoms with Crippen LogP contribution in [-0.4, -0.2) is 45.8 Å². The van der Waals surface area contributed by atoms with E-state index in [2.05, 4.69) is 29.0 Å². The summed E-state index contributed by atoms with van der Waals surface area (Å²) >= 11 is 0. The molecule has 1 unspecified atom stereocenters. The van der Waals surface area contributed by atoms with E-state index in [1.807, 2.05) is 31.3 Å². The third-order valence-electron chi connectivity index (χ3n) is 3.24. The summed E-state index contributed by atoms with van der Waals surface area (Å²) in [5.74, 6) is 0. The second-order valence-corrected chi connectivity index (χ2v) is 6.20. The van der Waals surface area contributed by atoms with Crippen molar-refractivity contribution in [1.29, 1.82) is 0 Å². The fourth-order valence-corrected chi connectivity index (χ4v) is 2.47. The molecule has 2 rings (SSSR count). The summed E-state index contributed by atoms with van der Waals surface area (Å²) in [5.41, 5.74) is 0.365. The van der Waals surface area contributed by atoms with Gasteiger partial charge in [-0.1, -0.05) is 6.07 Å². The first-order valence-corrected chi connectivity index (χ1v) is 6.46. The van der Waals surface area contributed by atoms with Crippen LogP contribution in [0.2, 0.25) is 0 Å². The van der Waals surface area contributed by atoms with Gasteiger partial charge in [0, 0.05) is 37.9 Å². The summed E-state index contributed by atoms with van der Waals surface area (Å²) in [6, 6.07) is 5.95. The standard InChI is InChI=1S/C14H23N3O/c1-13(2)10-17(11-14(3,18)9-16-13)8-12-6-4-5-7-15-12/h4-7,16,18H,8-11H2,1-3H3. The highest BCUT2D eigenvalue weighted by Gasteiger charge is 2.33. The number of hydrogen-bond acceptors (Lipinski definition) is 4. The Labute approximate surface area is 109 Å². The van der Waals surface area contributed by atoms with E-state index >= 15 is 0 Å². The van der Waals surface area contributed by atoms with Crippen LogP contribution in [0.15, 0.2) is 24.4 Å². The van der Waals surface area contributed by atoms with E-state index in [-0.39, 0.29) is 5.54 Å². The highest BCUT2D eigenvalue weighted by Crippen LogP contribution is 2.18. The Morgan fingerprint density at radius 2 is 2.11 bits per heavy atom. The van der Waals surface area contributed by atoms with Crippen LogP contribution in [0.3, 0.4) is 0 Å². The van der Waals surface area contributed by atoms with Crippen LogP contribution >= 0.6 is 0 Å². The molecule has 0 saturated carbocycles. The van der Waals surface area contributed by atoms with E-state index in [1.165, 1.54) is 0 Å². The Balaban J connectivity index is 2.10. The number of rotatable bonds is 2. The predicted molar refractivity (Wildman–Crippen MR) is 72.2 cm³/mol. The summed E-state index contributed by atoms with van der Waals surface area (Å²) in [7, 11) is 0. The SMILES string of the molecule is CC1(O)CNC(C)(C)CN(Cc2ccccn2)C1. The largest absolute Gasteiger partial charge is 0.388 e. The molecule has 0 aromatic carbocycles. The molecule has 100 valence electrons. The minimum absolute atomic E-state index is 0.00920. The Kier molecular flexibility index (Phi) is 3.71. The van der Waals surface area contributed by atoms with Gasteiger partial charge in [-0.3, -0.25) is 9.88 Å². The maximum Gasteiger partial charge on any atom is 0.0870 e. The van der Waals surface area contributed by atoms with E-state index in [1.54, 1.807) is 0 Å². The summed E-state index contributed by atoms with van der Waals surface area (Å²) in [4.78, 5) is 6.62. The number of β-amino-alcohol motifs (C(OH)–C–C–N with tert-alkyl or cyclic N) is 1. The molecule has 0 spiro atoms. The number of nitrogens with zero attached hydrogens (tertiary/aromatic N) is 2. The predicted octanol–water partition coefficient (Wildman–Crippen LogP) is 1.02. The molecule has 1 aliphatic rings. The lowest BCUT2D eigenvalue weighted by molar-refractivity contribution is 0.0318.